The number of nitrogens with zero attached hydrogens (tertiary/aromatic N) is 2. The first-order chi connectivity index (χ1) is 14.3. The van der Waals surface area contributed by atoms with Gasteiger partial charge in [0.25, 0.3) is 0 Å². The summed E-state index contributed by atoms with van der Waals surface area (Å²) in [5.74, 6) is 0.895. The molecular formula is C24H32N4O. The zero-order chi connectivity index (χ0) is 19.9. The van der Waals surface area contributed by atoms with E-state index in [0.29, 0.717) is 6.54 Å². The third-order valence-electron chi connectivity index (χ3n) is 5.93. The minimum atomic E-state index is 0.267. The largest absolute Gasteiger partial charge is 0.378 e. The Morgan fingerprint density at radius 2 is 1.72 bits per heavy atom. The summed E-state index contributed by atoms with van der Waals surface area (Å²) in [6.07, 6.45) is 2.48. The summed E-state index contributed by atoms with van der Waals surface area (Å²) in [5, 5.41) is 7.01. The van der Waals surface area contributed by atoms with E-state index in [4.69, 9.17) is 9.73 Å². The van der Waals surface area contributed by atoms with Crippen LogP contribution in [-0.4, -0.2) is 45.4 Å². The smallest absolute Gasteiger partial charge is 0.191 e. The van der Waals surface area contributed by atoms with Crippen molar-refractivity contribution < 1.29 is 4.74 Å². The molecule has 2 aliphatic rings. The molecule has 2 aromatic carbocycles. The lowest BCUT2D eigenvalue weighted by molar-refractivity contribution is 0.122. The molecule has 0 unspecified atom stereocenters. The van der Waals surface area contributed by atoms with Crippen LogP contribution in [0.15, 0.2) is 59.6 Å². The van der Waals surface area contributed by atoms with Gasteiger partial charge in [0.15, 0.2) is 5.96 Å². The molecule has 1 heterocycles. The van der Waals surface area contributed by atoms with Gasteiger partial charge in [-0.15, -0.1) is 0 Å². The summed E-state index contributed by atoms with van der Waals surface area (Å²) in [6, 6.07) is 19.4. The highest BCUT2D eigenvalue weighted by Gasteiger charge is 2.44. The standard InChI is InChI=1S/C24H32N4O/c1-2-25-23(27-19-24(12-13-24)21-9-4-3-5-10-21)26-18-20-8-6-7-11-22(20)28-14-16-29-17-15-28/h3-11H,2,12-19H2,1H3,(H2,25,26,27). The molecule has 0 bridgehead atoms. The molecule has 5 nitrogen and oxygen atoms in total. The van der Waals surface area contributed by atoms with Crippen molar-refractivity contribution in [3.8, 4) is 0 Å². The number of nitrogens with one attached hydrogen (secondary N) is 2. The molecule has 2 aromatic rings. The van der Waals surface area contributed by atoms with Crippen LogP contribution in [-0.2, 0) is 16.7 Å². The lowest BCUT2D eigenvalue weighted by atomic mass is 9.96. The Balaban J connectivity index is 1.43. The minimum Gasteiger partial charge on any atom is -0.378 e. The van der Waals surface area contributed by atoms with Crippen LogP contribution in [0.4, 0.5) is 5.69 Å². The van der Waals surface area contributed by atoms with Crippen molar-refractivity contribution in [1.29, 1.82) is 0 Å². The molecule has 1 saturated carbocycles. The van der Waals surface area contributed by atoms with Crippen LogP contribution >= 0.6 is 0 Å². The van der Waals surface area contributed by atoms with Crippen molar-refractivity contribution in [2.24, 2.45) is 4.99 Å². The van der Waals surface area contributed by atoms with Crippen LogP contribution in [0.1, 0.15) is 30.9 Å². The molecule has 154 valence electrons. The number of aliphatic imine (C=N–C) groups is 1. The highest BCUT2D eigenvalue weighted by atomic mass is 16.5. The molecule has 5 heteroatoms. The summed E-state index contributed by atoms with van der Waals surface area (Å²) in [5.41, 5.74) is 4.23. The fourth-order valence-electron chi connectivity index (χ4n) is 4.03. The van der Waals surface area contributed by atoms with Crippen LogP contribution in [0.3, 0.4) is 0 Å². The lowest BCUT2D eigenvalue weighted by Crippen LogP contribution is -2.41. The number of benzene rings is 2. The molecule has 1 saturated heterocycles. The molecule has 4 rings (SSSR count). The minimum absolute atomic E-state index is 0.267. The molecule has 1 aliphatic carbocycles. The maximum absolute atomic E-state index is 5.51. The first-order valence-electron chi connectivity index (χ1n) is 10.8. The predicted molar refractivity (Wildman–Crippen MR) is 120 cm³/mol. The van der Waals surface area contributed by atoms with E-state index in [2.05, 4.69) is 77.1 Å². The van der Waals surface area contributed by atoms with Crippen LogP contribution in [0.25, 0.3) is 0 Å². The number of anilines is 1. The van der Waals surface area contributed by atoms with Gasteiger partial charge in [0.1, 0.15) is 0 Å². The summed E-state index contributed by atoms with van der Waals surface area (Å²) >= 11 is 0. The van der Waals surface area contributed by atoms with Crippen molar-refractivity contribution in [3.63, 3.8) is 0 Å². The molecule has 0 radical (unpaired) electrons. The highest BCUT2D eigenvalue weighted by Crippen LogP contribution is 2.47. The van der Waals surface area contributed by atoms with Gasteiger partial charge in [-0.1, -0.05) is 48.5 Å². The Morgan fingerprint density at radius 3 is 2.45 bits per heavy atom. The zero-order valence-corrected chi connectivity index (χ0v) is 17.4. The second kappa shape index (κ2) is 9.31. The summed E-state index contributed by atoms with van der Waals surface area (Å²) < 4.78 is 5.51. The van der Waals surface area contributed by atoms with E-state index < -0.39 is 0 Å². The van der Waals surface area contributed by atoms with Gasteiger partial charge in [0.05, 0.1) is 19.8 Å². The van der Waals surface area contributed by atoms with E-state index in [1.165, 1.54) is 29.7 Å². The Hall–Kier alpha value is -2.53. The molecule has 29 heavy (non-hydrogen) atoms. The summed E-state index contributed by atoms with van der Waals surface area (Å²) in [4.78, 5) is 7.31. The maximum atomic E-state index is 5.51. The van der Waals surface area contributed by atoms with E-state index in [9.17, 15) is 0 Å². The average Bonchev–Trinajstić information content (AvgIpc) is 3.58. The Morgan fingerprint density at radius 1 is 1.00 bits per heavy atom. The highest BCUT2D eigenvalue weighted by molar-refractivity contribution is 5.80. The van der Waals surface area contributed by atoms with Crippen LogP contribution in [0.5, 0.6) is 0 Å². The van der Waals surface area contributed by atoms with E-state index in [1.807, 2.05) is 0 Å². The molecule has 0 aromatic heterocycles. The number of guanidine groups is 1. The average molecular weight is 393 g/mol. The number of morpholine rings is 1. The molecule has 0 spiro atoms. The normalized spacial score (nSPS) is 18.4. The third kappa shape index (κ3) is 4.91. The van der Waals surface area contributed by atoms with Crippen molar-refractivity contribution >= 4 is 11.6 Å². The second-order valence-electron chi connectivity index (χ2n) is 7.92. The van der Waals surface area contributed by atoms with Gasteiger partial charge in [-0.05, 0) is 37.0 Å². The Labute approximate surface area is 174 Å². The number of ether oxygens (including phenoxy) is 1. The van der Waals surface area contributed by atoms with Crippen molar-refractivity contribution in [1.82, 2.24) is 10.6 Å². The molecular weight excluding hydrogens is 360 g/mol. The van der Waals surface area contributed by atoms with Crippen molar-refractivity contribution in [2.75, 3.05) is 44.3 Å². The van der Waals surface area contributed by atoms with Gasteiger partial charge in [-0.2, -0.15) is 0 Å². The number of hydrogen-bond donors (Lipinski definition) is 2. The number of rotatable bonds is 7. The monoisotopic (exact) mass is 392 g/mol. The molecule has 0 atom stereocenters. The molecule has 0 amide bonds. The molecule has 2 N–H and O–H groups in total. The fourth-order valence-corrected chi connectivity index (χ4v) is 4.03. The second-order valence-corrected chi connectivity index (χ2v) is 7.92. The number of para-hydroxylation sites is 1. The first-order valence-corrected chi connectivity index (χ1v) is 10.8. The molecule has 1 aliphatic heterocycles. The lowest BCUT2D eigenvalue weighted by Gasteiger charge is -2.30. The van der Waals surface area contributed by atoms with Crippen molar-refractivity contribution in [2.45, 2.75) is 31.7 Å². The van der Waals surface area contributed by atoms with E-state index >= 15 is 0 Å². The van der Waals surface area contributed by atoms with E-state index in [0.717, 1.165) is 45.4 Å². The summed E-state index contributed by atoms with van der Waals surface area (Å²) in [6.45, 7) is 8.04. The quantitative estimate of drug-likeness (QED) is 0.561. The Kier molecular flexibility index (Phi) is 6.35. The van der Waals surface area contributed by atoms with Crippen LogP contribution in [0, 0.1) is 0 Å². The fraction of sp³-hybridized carbons (Fsp3) is 0.458. The first kappa shape index (κ1) is 19.8. The van der Waals surface area contributed by atoms with E-state index in [1.54, 1.807) is 0 Å². The van der Waals surface area contributed by atoms with Gasteiger partial charge in [-0.3, -0.25) is 0 Å². The number of hydrogen-bond acceptors (Lipinski definition) is 3. The topological polar surface area (TPSA) is 48.9 Å². The SMILES string of the molecule is CCNC(=NCc1ccccc1N1CCOCC1)NCC1(c2ccccc2)CC1. The van der Waals surface area contributed by atoms with E-state index in [-0.39, 0.29) is 5.41 Å². The predicted octanol–water partition coefficient (Wildman–Crippen LogP) is 3.31. The summed E-state index contributed by atoms with van der Waals surface area (Å²) in [7, 11) is 0. The maximum Gasteiger partial charge on any atom is 0.191 e. The van der Waals surface area contributed by atoms with Crippen LogP contribution in [0.2, 0.25) is 0 Å². The Bertz CT molecular complexity index is 811. The van der Waals surface area contributed by atoms with Gasteiger partial charge in [0.2, 0.25) is 0 Å². The van der Waals surface area contributed by atoms with Crippen LogP contribution < -0.4 is 15.5 Å². The van der Waals surface area contributed by atoms with Crippen molar-refractivity contribution in [3.05, 3.63) is 65.7 Å². The zero-order valence-electron chi connectivity index (χ0n) is 17.4. The third-order valence-corrected chi connectivity index (χ3v) is 5.93. The van der Waals surface area contributed by atoms with Gasteiger partial charge in [0, 0.05) is 37.3 Å². The van der Waals surface area contributed by atoms with Gasteiger partial charge in [-0.25, -0.2) is 4.99 Å². The van der Waals surface area contributed by atoms with Gasteiger partial charge >= 0.3 is 0 Å². The molecule has 2 fully saturated rings. The van der Waals surface area contributed by atoms with Gasteiger partial charge < -0.3 is 20.3 Å².